The van der Waals surface area contributed by atoms with E-state index in [9.17, 15) is 0 Å². The molecule has 28 heavy (non-hydrogen) atoms. The minimum Gasteiger partial charge on any atom is -0.0845 e. The highest BCUT2D eigenvalue weighted by molar-refractivity contribution is 5.28. The molecule has 0 radical (unpaired) electrons. The molecule has 0 saturated heterocycles. The van der Waals surface area contributed by atoms with Crippen LogP contribution in [-0.4, -0.2) is 0 Å². The summed E-state index contributed by atoms with van der Waals surface area (Å²) in [6.45, 7) is 26.1. The molecule has 0 aromatic carbocycles. The number of hydrogen-bond acceptors (Lipinski definition) is 0. The van der Waals surface area contributed by atoms with Crippen molar-refractivity contribution in [3.05, 3.63) is 11.6 Å². The maximum Gasteiger partial charge on any atom is -0.00798 e. The van der Waals surface area contributed by atoms with Crippen LogP contribution in [0.4, 0.5) is 0 Å². The van der Waals surface area contributed by atoms with Crippen molar-refractivity contribution in [2.75, 3.05) is 0 Å². The molecule has 4 aliphatic rings. The van der Waals surface area contributed by atoms with Gasteiger partial charge in [0.25, 0.3) is 0 Å². The summed E-state index contributed by atoms with van der Waals surface area (Å²) in [5.74, 6) is 3.75. The van der Waals surface area contributed by atoms with E-state index in [1.54, 1.807) is 0 Å². The van der Waals surface area contributed by atoms with E-state index in [0.717, 1.165) is 23.7 Å². The Kier molecular flexibility index (Phi) is 6.96. The van der Waals surface area contributed by atoms with Gasteiger partial charge < -0.3 is 0 Å². The molecule has 0 heteroatoms. The molecule has 0 amide bonds. The first kappa shape index (κ1) is 24.0. The van der Waals surface area contributed by atoms with Crippen molar-refractivity contribution in [3.8, 4) is 0 Å². The lowest BCUT2D eigenvalue weighted by molar-refractivity contribution is -0.124. The summed E-state index contributed by atoms with van der Waals surface area (Å²) < 4.78 is 0. The van der Waals surface area contributed by atoms with E-state index < -0.39 is 0 Å². The van der Waals surface area contributed by atoms with E-state index in [-0.39, 0.29) is 0 Å². The van der Waals surface area contributed by atoms with Gasteiger partial charge in [-0.15, -0.1) is 0 Å². The Labute approximate surface area is 178 Å². The molecule has 6 atom stereocenters. The Morgan fingerprint density at radius 2 is 1.46 bits per heavy atom. The van der Waals surface area contributed by atoms with Crippen molar-refractivity contribution >= 4 is 0 Å². The third kappa shape index (κ3) is 3.65. The highest BCUT2D eigenvalue weighted by Crippen LogP contribution is 2.71. The van der Waals surface area contributed by atoms with Crippen molar-refractivity contribution in [1.29, 1.82) is 0 Å². The van der Waals surface area contributed by atoms with Crippen molar-refractivity contribution < 1.29 is 0 Å². The van der Waals surface area contributed by atoms with Gasteiger partial charge in [0.2, 0.25) is 0 Å². The quantitative estimate of drug-likeness (QED) is 0.362. The highest BCUT2D eigenvalue weighted by Gasteiger charge is 2.63. The summed E-state index contributed by atoms with van der Waals surface area (Å²) in [4.78, 5) is 0. The van der Waals surface area contributed by atoms with Gasteiger partial charge in [-0.2, -0.15) is 0 Å². The van der Waals surface area contributed by atoms with E-state index in [4.69, 9.17) is 0 Å². The van der Waals surface area contributed by atoms with Crippen molar-refractivity contribution in [1.82, 2.24) is 0 Å². The van der Waals surface area contributed by atoms with Crippen LogP contribution in [0.1, 0.15) is 121 Å². The monoisotopic (exact) mass is 388 g/mol. The summed E-state index contributed by atoms with van der Waals surface area (Å²) >= 11 is 0. The summed E-state index contributed by atoms with van der Waals surface area (Å²) in [5, 5.41) is 0. The second-order valence-electron chi connectivity index (χ2n) is 12.1. The first-order chi connectivity index (χ1) is 13.0. The first-order valence-corrected chi connectivity index (χ1v) is 12.7. The lowest BCUT2D eigenvalue weighted by Gasteiger charge is -2.64. The topological polar surface area (TPSA) is 0 Å². The van der Waals surface area contributed by atoms with Gasteiger partial charge in [0, 0.05) is 0 Å². The van der Waals surface area contributed by atoms with Crippen LogP contribution in [0.3, 0.4) is 0 Å². The molecule has 0 N–H and O–H groups in total. The molecule has 3 fully saturated rings. The van der Waals surface area contributed by atoms with Crippen molar-refractivity contribution in [2.45, 2.75) is 121 Å². The molecule has 0 nitrogen and oxygen atoms in total. The van der Waals surface area contributed by atoms with Crippen LogP contribution in [0.5, 0.6) is 0 Å². The lowest BCUT2D eigenvalue weighted by Crippen LogP contribution is -2.57. The normalized spacial score (nSPS) is 45.0. The van der Waals surface area contributed by atoms with Gasteiger partial charge in [-0.1, -0.05) is 87.8 Å². The average Bonchev–Trinajstić information content (AvgIpc) is 2.92. The van der Waals surface area contributed by atoms with Crippen LogP contribution in [-0.2, 0) is 0 Å². The molecule has 4 aliphatic carbocycles. The average molecular weight is 389 g/mol. The third-order valence-electron chi connectivity index (χ3n) is 9.55. The smallest absolute Gasteiger partial charge is 0.00798 e. The van der Waals surface area contributed by atoms with Crippen LogP contribution in [0.2, 0.25) is 0 Å². The van der Waals surface area contributed by atoms with Gasteiger partial charge in [-0.05, 0) is 90.3 Å². The maximum absolute atomic E-state index is 2.73. The van der Waals surface area contributed by atoms with E-state index in [2.05, 4.69) is 54.5 Å². The first-order valence-electron chi connectivity index (χ1n) is 12.7. The minimum atomic E-state index is 0.481. The fraction of sp³-hybridized carbons (Fsp3) is 0.929. The molecule has 164 valence electrons. The zero-order valence-electron chi connectivity index (χ0n) is 21.3. The van der Waals surface area contributed by atoms with Gasteiger partial charge >= 0.3 is 0 Å². The van der Waals surface area contributed by atoms with E-state index in [1.807, 2.05) is 33.3 Å². The Bertz CT molecular complexity index is 565. The lowest BCUT2D eigenvalue weighted by atomic mass is 9.40. The van der Waals surface area contributed by atoms with E-state index >= 15 is 0 Å². The van der Waals surface area contributed by atoms with Gasteiger partial charge in [0.05, 0.1) is 0 Å². The van der Waals surface area contributed by atoms with Gasteiger partial charge in [0.1, 0.15) is 0 Å². The highest BCUT2D eigenvalue weighted by atomic mass is 14.7. The van der Waals surface area contributed by atoms with Crippen LogP contribution in [0.25, 0.3) is 0 Å². The Morgan fingerprint density at radius 3 is 2.07 bits per heavy atom. The predicted octanol–water partition coefficient (Wildman–Crippen LogP) is 9.30. The third-order valence-corrected chi connectivity index (χ3v) is 9.55. The molecule has 3 saturated carbocycles. The largest absolute Gasteiger partial charge is 0.0845 e. The fourth-order valence-electron chi connectivity index (χ4n) is 8.51. The van der Waals surface area contributed by atoms with Crippen molar-refractivity contribution in [2.24, 2.45) is 45.3 Å². The molecule has 0 spiro atoms. The Morgan fingerprint density at radius 1 is 0.857 bits per heavy atom. The summed E-state index contributed by atoms with van der Waals surface area (Å²) in [7, 11) is 0. The molecular weight excluding hydrogens is 336 g/mol. The molecule has 0 heterocycles. The Balaban J connectivity index is 0.000000660. The minimum absolute atomic E-state index is 0.481. The molecule has 6 unspecified atom stereocenters. The second kappa shape index (κ2) is 8.11. The summed E-state index contributed by atoms with van der Waals surface area (Å²) in [5.41, 5.74) is 3.93. The Hall–Kier alpha value is -0.260. The maximum atomic E-state index is 2.73. The molecular formula is C28H52. The van der Waals surface area contributed by atoms with Crippen LogP contribution in [0.15, 0.2) is 11.6 Å². The second-order valence-corrected chi connectivity index (χ2v) is 12.1. The summed E-state index contributed by atoms with van der Waals surface area (Å²) in [6.07, 6.45) is 12.7. The molecule has 0 bridgehead atoms. The zero-order valence-corrected chi connectivity index (χ0v) is 21.3. The number of rotatable bonds is 0. The van der Waals surface area contributed by atoms with E-state index in [1.165, 1.54) is 44.9 Å². The number of fused-ring (bicyclic) bond motifs is 5. The van der Waals surface area contributed by atoms with Gasteiger partial charge in [-0.25, -0.2) is 0 Å². The van der Waals surface area contributed by atoms with Gasteiger partial charge in [-0.3, -0.25) is 0 Å². The zero-order chi connectivity index (χ0) is 21.5. The summed E-state index contributed by atoms with van der Waals surface area (Å²) in [6, 6.07) is 0. The number of allylic oxidation sites excluding steroid dienone is 2. The van der Waals surface area contributed by atoms with E-state index in [0.29, 0.717) is 21.7 Å². The molecule has 4 rings (SSSR count). The fourth-order valence-corrected chi connectivity index (χ4v) is 8.51. The molecule has 0 aromatic rings. The SMILES string of the molecule is CC.CC.CC1CCC2C3CC=C4CC(C)(C)CCC4(C)C3C(C)(C)CC12C. The standard InChI is InChI=1S/C24H40.2C2H6/c1-16-8-11-19-18-10-9-17-14-21(2,3)12-13-23(17,6)20(18)22(4,5)15-24(16,19)7;2*1-2/h9,16,18-20H,8,10-15H2,1-7H3;2*1-2H3. The predicted molar refractivity (Wildman–Crippen MR) is 127 cm³/mol. The van der Waals surface area contributed by atoms with Crippen LogP contribution in [0, 0.1) is 45.3 Å². The molecule has 0 aliphatic heterocycles. The van der Waals surface area contributed by atoms with Crippen molar-refractivity contribution in [3.63, 3.8) is 0 Å². The van der Waals surface area contributed by atoms with Crippen LogP contribution < -0.4 is 0 Å². The molecule has 0 aromatic heterocycles. The number of hydrogen-bond donors (Lipinski definition) is 0. The van der Waals surface area contributed by atoms with Crippen LogP contribution >= 0.6 is 0 Å². The van der Waals surface area contributed by atoms with Gasteiger partial charge in [0.15, 0.2) is 0 Å².